The highest BCUT2D eigenvalue weighted by molar-refractivity contribution is 5.99. The second-order valence-electron chi connectivity index (χ2n) is 9.39. The van der Waals surface area contributed by atoms with Crippen LogP contribution in [0.3, 0.4) is 0 Å². The largest absolute Gasteiger partial charge is 0.362 e. The van der Waals surface area contributed by atoms with Gasteiger partial charge in [-0.3, -0.25) is 9.59 Å². The maximum Gasteiger partial charge on any atom is 0.224 e. The zero-order valence-corrected chi connectivity index (χ0v) is 16.5. The highest BCUT2D eigenvalue weighted by atomic mass is 16.2. The number of ketones is 1. The first-order chi connectivity index (χ1) is 12.1. The molecule has 0 aromatic heterocycles. The number of fused-ring (bicyclic) bond motifs is 3. The summed E-state index contributed by atoms with van der Waals surface area (Å²) in [6, 6.07) is 0. The van der Waals surface area contributed by atoms with Crippen LogP contribution in [0.15, 0.2) is 36.2 Å². The molecule has 2 fully saturated rings. The lowest BCUT2D eigenvalue weighted by Gasteiger charge is -2.46. The first kappa shape index (κ1) is 18.9. The molecule has 1 saturated carbocycles. The maximum absolute atomic E-state index is 12.9. The van der Waals surface area contributed by atoms with Crippen LogP contribution in [0.2, 0.25) is 0 Å². The molecule has 3 aliphatic rings. The minimum atomic E-state index is -0.190. The fraction of sp³-hybridized carbons (Fsp3) is 0.636. The highest BCUT2D eigenvalue weighted by Gasteiger charge is 2.54. The van der Waals surface area contributed by atoms with Gasteiger partial charge in [0, 0.05) is 34.8 Å². The Labute approximate surface area is 157 Å². The van der Waals surface area contributed by atoms with Crippen molar-refractivity contribution in [2.45, 2.75) is 65.3 Å². The van der Waals surface area contributed by atoms with E-state index >= 15 is 0 Å². The van der Waals surface area contributed by atoms with Gasteiger partial charge in [0.25, 0.3) is 0 Å². The number of amides is 1. The molecule has 142 valence electrons. The van der Waals surface area contributed by atoms with Crippen molar-refractivity contribution in [2.75, 3.05) is 0 Å². The summed E-state index contributed by atoms with van der Waals surface area (Å²) in [4.78, 5) is 24.5. The first-order valence-corrected chi connectivity index (χ1v) is 9.80. The molecule has 1 aliphatic heterocycles. The molecule has 4 atom stereocenters. The summed E-state index contributed by atoms with van der Waals surface area (Å²) in [5.74, 6) is 1.25. The van der Waals surface area contributed by atoms with E-state index in [4.69, 9.17) is 0 Å². The lowest BCUT2D eigenvalue weighted by atomic mass is 9.61. The number of allylic oxidation sites excluding steroid dienone is 5. The average molecular weight is 357 g/mol. The predicted octanol–water partition coefficient (Wildman–Crippen LogP) is 3.86. The van der Waals surface area contributed by atoms with Crippen molar-refractivity contribution in [2.24, 2.45) is 23.2 Å². The van der Waals surface area contributed by atoms with Gasteiger partial charge in [0.2, 0.25) is 5.91 Å². The van der Waals surface area contributed by atoms with E-state index in [2.05, 4.69) is 30.2 Å². The van der Waals surface area contributed by atoms with Gasteiger partial charge in [0.1, 0.15) is 0 Å². The van der Waals surface area contributed by atoms with E-state index in [0.717, 1.165) is 37.8 Å². The summed E-state index contributed by atoms with van der Waals surface area (Å²) in [7, 11) is 0. The fourth-order valence-corrected chi connectivity index (χ4v) is 5.20. The third-order valence-electron chi connectivity index (χ3n) is 6.42. The monoisotopic (exact) mass is 356 g/mol. The van der Waals surface area contributed by atoms with Crippen molar-refractivity contribution in [3.8, 4) is 0 Å². The Bertz CT molecular complexity index is 683. The highest BCUT2D eigenvalue weighted by Crippen LogP contribution is 2.58. The molecule has 4 heteroatoms. The second kappa shape index (κ2) is 6.71. The van der Waals surface area contributed by atoms with Crippen LogP contribution in [-0.4, -0.2) is 17.2 Å². The molecular formula is C22H32N2O2. The smallest absolute Gasteiger partial charge is 0.224 e. The molecule has 2 N–H and O–H groups in total. The Morgan fingerprint density at radius 2 is 2.04 bits per heavy atom. The van der Waals surface area contributed by atoms with E-state index in [-0.39, 0.29) is 28.6 Å². The van der Waals surface area contributed by atoms with E-state index < -0.39 is 0 Å². The van der Waals surface area contributed by atoms with Crippen molar-refractivity contribution in [1.29, 1.82) is 0 Å². The lowest BCUT2D eigenvalue weighted by molar-refractivity contribution is -0.130. The minimum absolute atomic E-state index is 0.0311. The number of hydrogen-bond acceptors (Lipinski definition) is 3. The van der Waals surface area contributed by atoms with Gasteiger partial charge in [0.15, 0.2) is 5.78 Å². The maximum atomic E-state index is 12.9. The quantitative estimate of drug-likeness (QED) is 0.755. The first-order valence-electron chi connectivity index (χ1n) is 9.80. The van der Waals surface area contributed by atoms with E-state index in [9.17, 15) is 9.59 Å². The Morgan fingerprint density at radius 3 is 2.69 bits per heavy atom. The summed E-state index contributed by atoms with van der Waals surface area (Å²) >= 11 is 0. The molecule has 1 heterocycles. The SMILES string of the molecule is C=CC(=O)/C=C1/CCC2C(=CC[C@]3(C)[C@@H](C(=O)NC(C)(C)C)CC[C@@H]23)N1. The van der Waals surface area contributed by atoms with Crippen LogP contribution in [0.1, 0.15) is 59.8 Å². The summed E-state index contributed by atoms with van der Waals surface area (Å²) in [6.07, 6.45) is 10.2. The Balaban J connectivity index is 1.78. The molecule has 0 radical (unpaired) electrons. The summed E-state index contributed by atoms with van der Waals surface area (Å²) in [5, 5.41) is 6.68. The Kier molecular flexibility index (Phi) is 4.89. The van der Waals surface area contributed by atoms with Gasteiger partial charge in [0.05, 0.1) is 0 Å². The van der Waals surface area contributed by atoms with Crippen LogP contribution in [0, 0.1) is 23.2 Å². The molecule has 0 aromatic carbocycles. The van der Waals surface area contributed by atoms with Crippen molar-refractivity contribution in [3.63, 3.8) is 0 Å². The fourth-order valence-electron chi connectivity index (χ4n) is 5.20. The third kappa shape index (κ3) is 3.51. The summed E-state index contributed by atoms with van der Waals surface area (Å²) in [6.45, 7) is 12.0. The van der Waals surface area contributed by atoms with Crippen LogP contribution >= 0.6 is 0 Å². The van der Waals surface area contributed by atoms with Gasteiger partial charge in [-0.15, -0.1) is 0 Å². The number of carbonyl (C=O) groups excluding carboxylic acids is 2. The molecule has 0 bridgehead atoms. The zero-order chi connectivity index (χ0) is 19.1. The summed E-state index contributed by atoms with van der Waals surface area (Å²) in [5.41, 5.74) is 2.08. The van der Waals surface area contributed by atoms with Crippen LogP contribution in [0.25, 0.3) is 0 Å². The standard InChI is InChI=1S/C22H32N2O2/c1-6-15(25)13-14-7-8-16-17-9-10-18(20(26)24-21(2,3)4)22(17,5)12-11-19(16)23-14/h6,11,13,16-18,23H,1,7-10,12H2,2-5H3,(H,24,26)/b14-13-/t16?,17-,18+,22-/m0/s1. The van der Waals surface area contributed by atoms with Crippen LogP contribution in [0.5, 0.6) is 0 Å². The van der Waals surface area contributed by atoms with Gasteiger partial charge < -0.3 is 10.6 Å². The van der Waals surface area contributed by atoms with Crippen molar-refractivity contribution in [1.82, 2.24) is 10.6 Å². The number of hydrogen-bond donors (Lipinski definition) is 2. The van der Waals surface area contributed by atoms with E-state index in [1.807, 2.05) is 20.8 Å². The molecule has 0 aromatic rings. The van der Waals surface area contributed by atoms with E-state index in [1.165, 1.54) is 11.8 Å². The second-order valence-corrected chi connectivity index (χ2v) is 9.39. The zero-order valence-electron chi connectivity index (χ0n) is 16.5. The molecule has 1 amide bonds. The van der Waals surface area contributed by atoms with Gasteiger partial charge in [-0.05, 0) is 70.3 Å². The number of rotatable bonds is 3. The molecule has 2 aliphatic carbocycles. The van der Waals surface area contributed by atoms with Gasteiger partial charge >= 0.3 is 0 Å². The Hall–Kier alpha value is -1.84. The normalized spacial score (nSPS) is 35.0. The number of carbonyl (C=O) groups is 2. The van der Waals surface area contributed by atoms with Crippen molar-refractivity contribution < 1.29 is 9.59 Å². The minimum Gasteiger partial charge on any atom is -0.362 e. The summed E-state index contributed by atoms with van der Waals surface area (Å²) < 4.78 is 0. The predicted molar refractivity (Wildman–Crippen MR) is 104 cm³/mol. The number of nitrogens with one attached hydrogen (secondary N) is 2. The van der Waals surface area contributed by atoms with E-state index in [1.54, 1.807) is 6.08 Å². The average Bonchev–Trinajstić information content (AvgIpc) is 2.90. The van der Waals surface area contributed by atoms with Gasteiger partial charge in [-0.2, -0.15) is 0 Å². The number of piperidine rings is 1. The molecule has 4 nitrogen and oxygen atoms in total. The van der Waals surface area contributed by atoms with Crippen molar-refractivity contribution >= 4 is 11.7 Å². The molecule has 1 saturated heterocycles. The van der Waals surface area contributed by atoms with Crippen LogP contribution < -0.4 is 10.6 Å². The van der Waals surface area contributed by atoms with Gasteiger partial charge in [-0.1, -0.05) is 19.6 Å². The van der Waals surface area contributed by atoms with Crippen molar-refractivity contribution in [3.05, 3.63) is 36.2 Å². The lowest BCUT2D eigenvalue weighted by Crippen LogP contribution is -2.49. The molecule has 1 unspecified atom stereocenters. The molecule has 0 spiro atoms. The van der Waals surface area contributed by atoms with Crippen LogP contribution in [0.4, 0.5) is 0 Å². The van der Waals surface area contributed by atoms with E-state index in [0.29, 0.717) is 11.8 Å². The topological polar surface area (TPSA) is 58.2 Å². The molecule has 26 heavy (non-hydrogen) atoms. The van der Waals surface area contributed by atoms with Gasteiger partial charge in [-0.25, -0.2) is 0 Å². The molecule has 3 rings (SSSR count). The Morgan fingerprint density at radius 1 is 1.31 bits per heavy atom. The molecular weight excluding hydrogens is 324 g/mol. The van der Waals surface area contributed by atoms with Crippen LogP contribution in [-0.2, 0) is 9.59 Å². The third-order valence-corrected chi connectivity index (χ3v) is 6.42.